The molecule has 3 fully saturated rings. The average Bonchev–Trinajstić information content (AvgIpc) is 2.79. The van der Waals surface area contributed by atoms with Gasteiger partial charge in [0.15, 0.2) is 0 Å². The van der Waals surface area contributed by atoms with Gasteiger partial charge in [0, 0.05) is 43.4 Å². The number of rotatable bonds is 5. The molecule has 0 spiro atoms. The quantitative estimate of drug-likeness (QED) is 0.731. The highest BCUT2D eigenvalue weighted by Gasteiger charge is 2.49. The number of hydrogen-bond donors (Lipinski definition) is 0. The summed E-state index contributed by atoms with van der Waals surface area (Å²) in [5, 5.41) is 0. The van der Waals surface area contributed by atoms with Gasteiger partial charge in [-0.15, -0.1) is 0 Å². The summed E-state index contributed by atoms with van der Waals surface area (Å²) >= 11 is 0. The lowest BCUT2D eigenvalue weighted by Crippen LogP contribution is -2.65. The standard InChI is InChI=1S/C26H34N4O/c1-3-8-20-15-27-18(2)28-26(20)29-16-21-14-22(17-29)24(13-19-9-5-4-6-10-19)30-23(21)11-7-12-25(30)31/h4-6,9-10,15,21-24H,3,7-8,11-14,16-17H2,1-2H3/t21-,22+,23+,24+/m1/s1. The minimum atomic E-state index is 0.289. The molecule has 3 aliphatic heterocycles. The summed E-state index contributed by atoms with van der Waals surface area (Å²) < 4.78 is 0. The first-order valence-corrected chi connectivity index (χ1v) is 12.1. The molecule has 0 N–H and O–H groups in total. The molecule has 4 heterocycles. The Kier molecular flexibility index (Phi) is 5.68. The van der Waals surface area contributed by atoms with E-state index >= 15 is 0 Å². The second-order valence-electron chi connectivity index (χ2n) is 9.69. The van der Waals surface area contributed by atoms with Crippen LogP contribution < -0.4 is 4.90 Å². The van der Waals surface area contributed by atoms with Crippen LogP contribution in [-0.4, -0.2) is 45.9 Å². The normalized spacial score (nSPS) is 27.9. The van der Waals surface area contributed by atoms with E-state index < -0.39 is 0 Å². The van der Waals surface area contributed by atoms with E-state index in [1.807, 2.05) is 13.1 Å². The molecule has 2 bridgehead atoms. The predicted molar refractivity (Wildman–Crippen MR) is 123 cm³/mol. The van der Waals surface area contributed by atoms with Gasteiger partial charge in [-0.1, -0.05) is 43.7 Å². The molecule has 0 unspecified atom stereocenters. The number of hydrogen-bond acceptors (Lipinski definition) is 4. The van der Waals surface area contributed by atoms with Crippen LogP contribution in [-0.2, 0) is 17.6 Å². The zero-order valence-corrected chi connectivity index (χ0v) is 18.8. The van der Waals surface area contributed by atoms with Gasteiger partial charge in [-0.05, 0) is 56.4 Å². The zero-order chi connectivity index (χ0) is 21.4. The van der Waals surface area contributed by atoms with Gasteiger partial charge in [-0.3, -0.25) is 4.79 Å². The van der Waals surface area contributed by atoms with Crippen molar-refractivity contribution < 1.29 is 4.79 Å². The summed E-state index contributed by atoms with van der Waals surface area (Å²) in [5.74, 6) is 3.39. The van der Waals surface area contributed by atoms with E-state index in [1.54, 1.807) is 0 Å². The van der Waals surface area contributed by atoms with Crippen LogP contribution in [0.4, 0.5) is 5.82 Å². The number of carbonyl (C=O) groups is 1. The predicted octanol–water partition coefficient (Wildman–Crippen LogP) is 4.19. The number of amides is 1. The van der Waals surface area contributed by atoms with Gasteiger partial charge in [0.2, 0.25) is 5.91 Å². The van der Waals surface area contributed by atoms with E-state index in [2.05, 4.69) is 52.0 Å². The molecule has 3 saturated heterocycles. The summed E-state index contributed by atoms with van der Waals surface area (Å²) in [5.41, 5.74) is 2.61. The van der Waals surface area contributed by atoms with E-state index in [4.69, 9.17) is 4.98 Å². The second-order valence-corrected chi connectivity index (χ2v) is 9.69. The van der Waals surface area contributed by atoms with Crippen LogP contribution in [0.5, 0.6) is 0 Å². The summed E-state index contributed by atoms with van der Waals surface area (Å²) in [6.07, 6.45) is 9.24. The summed E-state index contributed by atoms with van der Waals surface area (Å²) in [4.78, 5) is 27.3. The van der Waals surface area contributed by atoms with Crippen LogP contribution in [0.3, 0.4) is 0 Å². The van der Waals surface area contributed by atoms with Crippen LogP contribution in [0.15, 0.2) is 36.5 Å². The molecule has 1 aromatic heterocycles. The minimum Gasteiger partial charge on any atom is -0.356 e. The van der Waals surface area contributed by atoms with Crippen molar-refractivity contribution in [2.45, 2.75) is 70.9 Å². The van der Waals surface area contributed by atoms with Crippen molar-refractivity contribution in [1.29, 1.82) is 0 Å². The van der Waals surface area contributed by atoms with E-state index in [-0.39, 0.29) is 6.04 Å². The first kappa shape index (κ1) is 20.5. The average molecular weight is 419 g/mol. The molecule has 4 atom stereocenters. The number of aryl methyl sites for hydroxylation is 2. The molecule has 164 valence electrons. The van der Waals surface area contributed by atoms with Crippen LogP contribution in [0.25, 0.3) is 0 Å². The number of benzene rings is 1. The highest BCUT2D eigenvalue weighted by Crippen LogP contribution is 2.43. The van der Waals surface area contributed by atoms with Gasteiger partial charge in [-0.2, -0.15) is 0 Å². The Balaban J connectivity index is 1.48. The number of nitrogens with zero attached hydrogens (tertiary/aromatic N) is 4. The maximum absolute atomic E-state index is 13.1. The van der Waals surface area contributed by atoms with Gasteiger partial charge in [0.1, 0.15) is 11.6 Å². The van der Waals surface area contributed by atoms with Crippen molar-refractivity contribution in [3.63, 3.8) is 0 Å². The Morgan fingerprint density at radius 3 is 2.74 bits per heavy atom. The molecule has 5 rings (SSSR count). The fraction of sp³-hybridized carbons (Fsp3) is 0.577. The third kappa shape index (κ3) is 3.95. The number of fused-ring (bicyclic) bond motifs is 4. The largest absolute Gasteiger partial charge is 0.356 e. The van der Waals surface area contributed by atoms with Gasteiger partial charge in [-0.25, -0.2) is 9.97 Å². The molecular formula is C26H34N4O. The summed E-state index contributed by atoms with van der Waals surface area (Å²) in [6, 6.07) is 11.4. The number of anilines is 1. The first-order chi connectivity index (χ1) is 15.1. The fourth-order valence-corrected chi connectivity index (χ4v) is 6.27. The van der Waals surface area contributed by atoms with Crippen molar-refractivity contribution in [3.05, 3.63) is 53.5 Å². The number of piperidine rings is 3. The molecule has 3 aliphatic rings. The van der Waals surface area contributed by atoms with E-state index in [9.17, 15) is 4.79 Å². The molecule has 5 nitrogen and oxygen atoms in total. The maximum Gasteiger partial charge on any atom is 0.223 e. The maximum atomic E-state index is 13.1. The molecule has 1 aromatic carbocycles. The van der Waals surface area contributed by atoms with Crippen molar-refractivity contribution in [2.24, 2.45) is 11.8 Å². The SMILES string of the molecule is CCCc1cnc(C)nc1N1C[C@H]2C[C@@H](C1)[C@H](Cc1ccccc1)N1C(=O)CCC[C@@H]21. The van der Waals surface area contributed by atoms with E-state index in [0.29, 0.717) is 23.8 Å². The zero-order valence-electron chi connectivity index (χ0n) is 18.8. The van der Waals surface area contributed by atoms with Crippen LogP contribution in [0.2, 0.25) is 0 Å². The van der Waals surface area contributed by atoms with E-state index in [0.717, 1.165) is 63.3 Å². The van der Waals surface area contributed by atoms with Crippen molar-refractivity contribution in [3.8, 4) is 0 Å². The number of carbonyl (C=O) groups excluding carboxylic acids is 1. The van der Waals surface area contributed by atoms with Crippen molar-refractivity contribution >= 4 is 11.7 Å². The molecule has 2 aromatic rings. The monoisotopic (exact) mass is 418 g/mol. The fourth-order valence-electron chi connectivity index (χ4n) is 6.27. The molecular weight excluding hydrogens is 384 g/mol. The van der Waals surface area contributed by atoms with Crippen LogP contribution in [0.1, 0.15) is 56.0 Å². The van der Waals surface area contributed by atoms with Gasteiger partial charge in [0.05, 0.1) is 0 Å². The van der Waals surface area contributed by atoms with Gasteiger partial charge in [0.25, 0.3) is 0 Å². The molecule has 0 radical (unpaired) electrons. The minimum absolute atomic E-state index is 0.289. The molecule has 5 heteroatoms. The van der Waals surface area contributed by atoms with Crippen LogP contribution >= 0.6 is 0 Å². The molecule has 0 aliphatic carbocycles. The Morgan fingerprint density at radius 2 is 1.94 bits per heavy atom. The Labute approximate surface area is 185 Å². The van der Waals surface area contributed by atoms with Gasteiger partial charge < -0.3 is 9.80 Å². The molecule has 31 heavy (non-hydrogen) atoms. The molecule has 1 amide bonds. The highest BCUT2D eigenvalue weighted by molar-refractivity contribution is 5.78. The van der Waals surface area contributed by atoms with E-state index in [1.165, 1.54) is 17.5 Å². The number of aromatic nitrogens is 2. The lowest BCUT2D eigenvalue weighted by atomic mass is 9.70. The Hall–Kier alpha value is -2.43. The summed E-state index contributed by atoms with van der Waals surface area (Å²) in [7, 11) is 0. The van der Waals surface area contributed by atoms with Crippen molar-refractivity contribution in [2.75, 3.05) is 18.0 Å². The molecule has 0 saturated carbocycles. The lowest BCUT2D eigenvalue weighted by molar-refractivity contribution is -0.148. The third-order valence-corrected chi connectivity index (χ3v) is 7.57. The Bertz CT molecular complexity index is 930. The highest BCUT2D eigenvalue weighted by atomic mass is 16.2. The first-order valence-electron chi connectivity index (χ1n) is 12.1. The van der Waals surface area contributed by atoms with Crippen molar-refractivity contribution in [1.82, 2.24) is 14.9 Å². The van der Waals surface area contributed by atoms with Crippen LogP contribution in [0, 0.1) is 18.8 Å². The lowest BCUT2D eigenvalue weighted by Gasteiger charge is -2.57. The smallest absolute Gasteiger partial charge is 0.223 e. The van der Waals surface area contributed by atoms with Gasteiger partial charge >= 0.3 is 0 Å². The summed E-state index contributed by atoms with van der Waals surface area (Å²) in [6.45, 7) is 6.20. The second kappa shape index (κ2) is 8.60. The third-order valence-electron chi connectivity index (χ3n) is 7.57. The topological polar surface area (TPSA) is 49.3 Å². The Morgan fingerprint density at radius 1 is 1.13 bits per heavy atom.